The summed E-state index contributed by atoms with van der Waals surface area (Å²) in [5, 5.41) is 4.85. The Morgan fingerprint density at radius 1 is 1.11 bits per heavy atom. The van der Waals surface area contributed by atoms with E-state index in [1.165, 1.54) is 30.3 Å². The van der Waals surface area contributed by atoms with Crippen LogP contribution < -0.4 is 15.4 Å². The molecule has 146 valence electrons. The van der Waals surface area contributed by atoms with Crippen LogP contribution in [0, 0.1) is 5.82 Å². The number of ketones is 1. The number of carbonyl (C=O) groups excluding carboxylic acids is 3. The number of rotatable bonds is 6. The molecule has 0 bridgehead atoms. The SMILES string of the molecule is O=C(CS(=O)(=O)CC(=O)c1ccc2c(c1)NC(=O)CO2)Nc1ccc(F)cc1. The normalized spacial score (nSPS) is 13.1. The molecule has 0 saturated heterocycles. The highest BCUT2D eigenvalue weighted by Crippen LogP contribution is 2.28. The molecule has 28 heavy (non-hydrogen) atoms. The van der Waals surface area contributed by atoms with Crippen molar-refractivity contribution < 1.29 is 31.9 Å². The molecule has 0 fully saturated rings. The standard InChI is InChI=1S/C18H15FN2O6S/c19-12-2-4-13(5-3-12)20-18(24)10-28(25,26)9-15(22)11-1-6-16-14(7-11)21-17(23)8-27-16/h1-7H,8-10H2,(H,20,24)(H,21,23). The van der Waals surface area contributed by atoms with Crippen LogP contribution in [0.2, 0.25) is 0 Å². The molecule has 1 heterocycles. The van der Waals surface area contributed by atoms with Crippen molar-refractivity contribution >= 4 is 38.8 Å². The van der Waals surface area contributed by atoms with Gasteiger partial charge >= 0.3 is 0 Å². The Balaban J connectivity index is 1.64. The number of sulfone groups is 1. The topological polar surface area (TPSA) is 119 Å². The lowest BCUT2D eigenvalue weighted by molar-refractivity contribution is -0.118. The summed E-state index contributed by atoms with van der Waals surface area (Å²) >= 11 is 0. The Kier molecular flexibility index (Phi) is 5.41. The third-order valence-electron chi connectivity index (χ3n) is 3.76. The van der Waals surface area contributed by atoms with E-state index in [0.717, 1.165) is 12.1 Å². The second-order valence-corrected chi connectivity index (χ2v) is 8.12. The lowest BCUT2D eigenvalue weighted by atomic mass is 10.1. The summed E-state index contributed by atoms with van der Waals surface area (Å²) in [6, 6.07) is 8.97. The molecule has 3 rings (SSSR count). The number of anilines is 2. The zero-order valence-electron chi connectivity index (χ0n) is 14.4. The smallest absolute Gasteiger partial charge is 0.262 e. The summed E-state index contributed by atoms with van der Waals surface area (Å²) in [6.07, 6.45) is 0. The minimum atomic E-state index is -4.04. The largest absolute Gasteiger partial charge is 0.482 e. The fraction of sp³-hybridized carbons (Fsp3) is 0.167. The van der Waals surface area contributed by atoms with Crippen LogP contribution >= 0.6 is 0 Å². The number of fused-ring (bicyclic) bond motifs is 1. The molecular weight excluding hydrogens is 391 g/mol. The van der Waals surface area contributed by atoms with Gasteiger partial charge in [-0.3, -0.25) is 14.4 Å². The molecule has 0 saturated carbocycles. The van der Waals surface area contributed by atoms with Crippen molar-refractivity contribution in [1.29, 1.82) is 0 Å². The molecular formula is C18H15FN2O6S. The van der Waals surface area contributed by atoms with Crippen molar-refractivity contribution in [3.8, 4) is 5.75 Å². The van der Waals surface area contributed by atoms with E-state index in [0.29, 0.717) is 5.75 Å². The van der Waals surface area contributed by atoms with Gasteiger partial charge in [-0.15, -0.1) is 0 Å². The van der Waals surface area contributed by atoms with Crippen molar-refractivity contribution in [1.82, 2.24) is 0 Å². The molecule has 10 heteroatoms. The molecule has 2 N–H and O–H groups in total. The summed E-state index contributed by atoms with van der Waals surface area (Å²) in [5.41, 5.74) is 0.568. The van der Waals surface area contributed by atoms with Crippen LogP contribution in [-0.2, 0) is 19.4 Å². The number of nitrogens with one attached hydrogen (secondary N) is 2. The maximum atomic E-state index is 12.8. The van der Waals surface area contributed by atoms with Crippen LogP contribution in [0.15, 0.2) is 42.5 Å². The van der Waals surface area contributed by atoms with Crippen molar-refractivity contribution in [2.75, 3.05) is 28.7 Å². The molecule has 1 aliphatic rings. The molecule has 1 aliphatic heterocycles. The van der Waals surface area contributed by atoms with Gasteiger partial charge in [-0.2, -0.15) is 0 Å². The highest BCUT2D eigenvalue weighted by atomic mass is 32.2. The number of amides is 2. The first-order valence-electron chi connectivity index (χ1n) is 8.07. The van der Waals surface area contributed by atoms with Gasteiger partial charge in [0.15, 0.2) is 22.2 Å². The minimum Gasteiger partial charge on any atom is -0.482 e. The number of hydrogen-bond donors (Lipinski definition) is 2. The van der Waals surface area contributed by atoms with Crippen molar-refractivity contribution in [3.05, 3.63) is 53.8 Å². The molecule has 2 aromatic carbocycles. The number of hydrogen-bond acceptors (Lipinski definition) is 6. The van der Waals surface area contributed by atoms with E-state index in [-0.39, 0.29) is 29.5 Å². The molecule has 0 aromatic heterocycles. The molecule has 0 unspecified atom stereocenters. The first-order valence-corrected chi connectivity index (χ1v) is 9.90. The number of ether oxygens (including phenoxy) is 1. The third kappa shape index (κ3) is 4.92. The first kappa shape index (κ1) is 19.5. The maximum Gasteiger partial charge on any atom is 0.262 e. The van der Waals surface area contributed by atoms with Gasteiger partial charge in [-0.05, 0) is 42.5 Å². The van der Waals surface area contributed by atoms with E-state index >= 15 is 0 Å². The van der Waals surface area contributed by atoms with Gasteiger partial charge in [0.25, 0.3) is 5.91 Å². The fourth-order valence-corrected chi connectivity index (χ4v) is 3.66. The van der Waals surface area contributed by atoms with Crippen LogP contribution in [0.25, 0.3) is 0 Å². The zero-order chi connectivity index (χ0) is 20.3. The zero-order valence-corrected chi connectivity index (χ0v) is 15.2. The van der Waals surface area contributed by atoms with Gasteiger partial charge in [0, 0.05) is 11.3 Å². The summed E-state index contributed by atoms with van der Waals surface area (Å²) in [5.74, 6) is -3.86. The predicted molar refractivity (Wildman–Crippen MR) is 98.6 cm³/mol. The Morgan fingerprint density at radius 3 is 2.54 bits per heavy atom. The average molecular weight is 406 g/mol. The Hall–Kier alpha value is -3.27. The summed E-state index contributed by atoms with van der Waals surface area (Å²) in [6.45, 7) is -0.141. The second kappa shape index (κ2) is 7.77. The fourth-order valence-electron chi connectivity index (χ4n) is 2.52. The van der Waals surface area contributed by atoms with E-state index in [1.807, 2.05) is 0 Å². The highest BCUT2D eigenvalue weighted by Gasteiger charge is 2.24. The Labute approximate surface area is 159 Å². The van der Waals surface area contributed by atoms with Crippen LogP contribution in [-0.4, -0.2) is 44.1 Å². The summed E-state index contributed by atoms with van der Waals surface area (Å²) in [4.78, 5) is 35.5. The number of benzene rings is 2. The summed E-state index contributed by atoms with van der Waals surface area (Å²) < 4.78 is 42.4. The van der Waals surface area contributed by atoms with Crippen LogP contribution in [0.3, 0.4) is 0 Å². The monoisotopic (exact) mass is 406 g/mol. The maximum absolute atomic E-state index is 12.8. The van der Waals surface area contributed by atoms with Gasteiger partial charge in [0.1, 0.15) is 23.1 Å². The van der Waals surface area contributed by atoms with Gasteiger partial charge in [-0.25, -0.2) is 12.8 Å². The highest BCUT2D eigenvalue weighted by molar-refractivity contribution is 7.92. The van der Waals surface area contributed by atoms with E-state index in [4.69, 9.17) is 4.74 Å². The first-order chi connectivity index (χ1) is 13.2. The predicted octanol–water partition coefficient (Wildman–Crippen LogP) is 1.39. The molecule has 0 atom stereocenters. The van der Waals surface area contributed by atoms with Gasteiger partial charge < -0.3 is 15.4 Å². The van der Waals surface area contributed by atoms with Crippen LogP contribution in [0.4, 0.5) is 15.8 Å². The molecule has 2 aromatic rings. The molecule has 0 spiro atoms. The number of carbonyl (C=O) groups is 3. The summed E-state index contributed by atoms with van der Waals surface area (Å²) in [7, 11) is -4.04. The van der Waals surface area contributed by atoms with Crippen molar-refractivity contribution in [3.63, 3.8) is 0 Å². The van der Waals surface area contributed by atoms with Crippen molar-refractivity contribution in [2.45, 2.75) is 0 Å². The Bertz CT molecular complexity index is 1050. The number of Topliss-reactive ketones (excluding diaryl/α,β-unsaturated/α-hetero) is 1. The second-order valence-electron chi connectivity index (χ2n) is 6.06. The average Bonchev–Trinajstić information content (AvgIpc) is 2.62. The minimum absolute atomic E-state index is 0.0621. The van der Waals surface area contributed by atoms with Crippen LogP contribution in [0.5, 0.6) is 5.75 Å². The van der Waals surface area contributed by atoms with E-state index < -0.39 is 38.9 Å². The molecule has 0 radical (unpaired) electrons. The van der Waals surface area contributed by atoms with Gasteiger partial charge in [0.05, 0.1) is 5.69 Å². The van der Waals surface area contributed by atoms with Crippen molar-refractivity contribution in [2.24, 2.45) is 0 Å². The lowest BCUT2D eigenvalue weighted by Crippen LogP contribution is -2.28. The Morgan fingerprint density at radius 2 is 1.82 bits per heavy atom. The van der Waals surface area contributed by atoms with Gasteiger partial charge in [0.2, 0.25) is 5.91 Å². The molecule has 2 amide bonds. The van der Waals surface area contributed by atoms with Gasteiger partial charge in [-0.1, -0.05) is 0 Å². The lowest BCUT2D eigenvalue weighted by Gasteiger charge is -2.18. The van der Waals surface area contributed by atoms with E-state index in [1.54, 1.807) is 0 Å². The molecule has 8 nitrogen and oxygen atoms in total. The number of halogens is 1. The van der Waals surface area contributed by atoms with E-state index in [9.17, 15) is 27.2 Å². The third-order valence-corrected chi connectivity index (χ3v) is 5.17. The molecule has 0 aliphatic carbocycles. The van der Waals surface area contributed by atoms with Crippen LogP contribution in [0.1, 0.15) is 10.4 Å². The van der Waals surface area contributed by atoms with E-state index in [2.05, 4.69) is 10.6 Å². The quantitative estimate of drug-likeness (QED) is 0.700.